The Labute approximate surface area is 79.9 Å². The molecule has 0 fully saturated rings. The molecule has 0 spiro atoms. The van der Waals surface area contributed by atoms with Crippen LogP contribution in [0.3, 0.4) is 0 Å². The van der Waals surface area contributed by atoms with E-state index in [-0.39, 0.29) is 0 Å². The minimum Gasteiger partial charge on any atom is -0.512 e. The number of hydrogen-bond donors (Lipinski definition) is 1. The summed E-state index contributed by atoms with van der Waals surface area (Å²) < 4.78 is 1.06. The summed E-state index contributed by atoms with van der Waals surface area (Å²) in [6.07, 6.45) is 3.55. The summed E-state index contributed by atoms with van der Waals surface area (Å²) >= 11 is 3.45. The fourth-order valence-electron chi connectivity index (χ4n) is 1.46. The number of hydrogen-bond acceptors (Lipinski definition) is 1. The first kappa shape index (κ1) is 7.87. The van der Waals surface area contributed by atoms with Gasteiger partial charge in [0.2, 0.25) is 0 Å². The highest BCUT2D eigenvalue weighted by molar-refractivity contribution is 9.10. The van der Waals surface area contributed by atoms with E-state index in [1.807, 2.05) is 18.2 Å². The molecule has 1 nitrogen and oxygen atoms in total. The number of aliphatic hydroxyl groups is 1. The molecule has 2 heteroatoms. The lowest BCUT2D eigenvalue weighted by molar-refractivity contribution is 0.391. The summed E-state index contributed by atoms with van der Waals surface area (Å²) in [6.45, 7) is 0. The van der Waals surface area contributed by atoms with Crippen LogP contribution in [0, 0.1) is 0 Å². The maximum atomic E-state index is 9.32. The smallest absolute Gasteiger partial charge is 0.0932 e. The van der Waals surface area contributed by atoms with Crippen LogP contribution in [-0.2, 0) is 6.42 Å². The molecule has 1 aromatic rings. The van der Waals surface area contributed by atoms with Crippen molar-refractivity contribution < 1.29 is 5.11 Å². The second-order valence-corrected chi connectivity index (χ2v) is 3.80. The number of fused-ring (bicyclic) bond motifs is 1. The van der Waals surface area contributed by atoms with Crippen molar-refractivity contribution in [3.63, 3.8) is 0 Å². The van der Waals surface area contributed by atoms with Gasteiger partial charge in [-0.2, -0.15) is 0 Å². The summed E-state index contributed by atoms with van der Waals surface area (Å²) in [4.78, 5) is 0. The number of halogens is 1. The minimum absolute atomic E-state index is 0.481. The van der Waals surface area contributed by atoms with E-state index in [9.17, 15) is 5.11 Å². The van der Waals surface area contributed by atoms with Gasteiger partial charge in [0.15, 0.2) is 0 Å². The van der Waals surface area contributed by atoms with Crippen molar-refractivity contribution in [2.24, 2.45) is 0 Å². The molecule has 0 atom stereocenters. The fraction of sp³-hybridized carbons (Fsp3) is 0.200. The number of aliphatic hydroxyl groups excluding tert-OH is 1. The van der Waals surface area contributed by atoms with E-state index in [0.29, 0.717) is 5.76 Å². The molecular formula is C10H9BrO. The van der Waals surface area contributed by atoms with Crippen LogP contribution in [0.25, 0.3) is 6.08 Å². The number of benzene rings is 1. The third-order valence-electron chi connectivity index (χ3n) is 2.10. The van der Waals surface area contributed by atoms with Crippen LogP contribution in [0.1, 0.15) is 17.5 Å². The van der Waals surface area contributed by atoms with E-state index in [1.54, 1.807) is 0 Å². The van der Waals surface area contributed by atoms with Crippen molar-refractivity contribution in [3.05, 3.63) is 39.6 Å². The van der Waals surface area contributed by atoms with E-state index >= 15 is 0 Å². The highest BCUT2D eigenvalue weighted by Gasteiger charge is 2.10. The zero-order valence-electron chi connectivity index (χ0n) is 6.55. The van der Waals surface area contributed by atoms with Crippen molar-refractivity contribution in [1.82, 2.24) is 0 Å². The van der Waals surface area contributed by atoms with E-state index in [4.69, 9.17) is 0 Å². The van der Waals surface area contributed by atoms with Gasteiger partial charge in [-0.05, 0) is 29.7 Å². The van der Waals surface area contributed by atoms with Crippen molar-refractivity contribution in [2.75, 3.05) is 0 Å². The Bertz CT molecular complexity index is 342. The third kappa shape index (κ3) is 1.27. The molecule has 0 bridgehead atoms. The molecule has 0 aromatic heterocycles. The maximum Gasteiger partial charge on any atom is 0.0932 e. The van der Waals surface area contributed by atoms with Gasteiger partial charge in [-0.15, -0.1) is 0 Å². The highest BCUT2D eigenvalue weighted by atomic mass is 79.9. The van der Waals surface area contributed by atoms with E-state index in [1.165, 1.54) is 5.56 Å². The zero-order chi connectivity index (χ0) is 8.55. The van der Waals surface area contributed by atoms with Crippen LogP contribution in [0.15, 0.2) is 28.4 Å². The van der Waals surface area contributed by atoms with Crippen LogP contribution < -0.4 is 0 Å². The van der Waals surface area contributed by atoms with Crippen LogP contribution in [-0.4, -0.2) is 5.11 Å². The Hall–Kier alpha value is -0.760. The molecule has 0 saturated heterocycles. The lowest BCUT2D eigenvalue weighted by Gasteiger charge is -2.13. The quantitative estimate of drug-likeness (QED) is 0.718. The fourth-order valence-corrected chi connectivity index (χ4v) is 1.98. The summed E-state index contributed by atoms with van der Waals surface area (Å²) in [7, 11) is 0. The Morgan fingerprint density at radius 1 is 1.25 bits per heavy atom. The molecule has 62 valence electrons. The summed E-state index contributed by atoms with van der Waals surface area (Å²) in [5.74, 6) is 0.481. The molecule has 0 amide bonds. The zero-order valence-corrected chi connectivity index (χ0v) is 8.13. The molecule has 0 saturated carbocycles. The average Bonchev–Trinajstić information content (AvgIpc) is 2.07. The minimum atomic E-state index is 0.481. The van der Waals surface area contributed by atoms with Gasteiger partial charge in [0.25, 0.3) is 0 Å². The lowest BCUT2D eigenvalue weighted by Crippen LogP contribution is -1.98. The SMILES string of the molecule is OC1=Cc2c(Br)cccc2CC1. The molecule has 1 aliphatic carbocycles. The summed E-state index contributed by atoms with van der Waals surface area (Å²) in [6, 6.07) is 6.12. The van der Waals surface area contributed by atoms with E-state index in [0.717, 1.165) is 22.9 Å². The molecule has 0 radical (unpaired) electrons. The second kappa shape index (κ2) is 2.94. The Morgan fingerprint density at radius 2 is 2.08 bits per heavy atom. The molecule has 0 heterocycles. The molecule has 2 rings (SSSR count). The standard InChI is InChI=1S/C10H9BrO/c11-10-3-1-2-7-4-5-8(12)6-9(7)10/h1-3,6,12H,4-5H2. The topological polar surface area (TPSA) is 20.2 Å². The maximum absolute atomic E-state index is 9.32. The van der Waals surface area contributed by atoms with E-state index < -0.39 is 0 Å². The average molecular weight is 225 g/mol. The highest BCUT2D eigenvalue weighted by Crippen LogP contribution is 2.28. The molecule has 1 aliphatic rings. The van der Waals surface area contributed by atoms with Crippen LogP contribution in [0.2, 0.25) is 0 Å². The first-order valence-corrected chi connectivity index (χ1v) is 4.73. The van der Waals surface area contributed by atoms with Gasteiger partial charge in [0, 0.05) is 10.9 Å². The molecule has 0 aliphatic heterocycles. The third-order valence-corrected chi connectivity index (χ3v) is 2.80. The van der Waals surface area contributed by atoms with Gasteiger partial charge >= 0.3 is 0 Å². The molecule has 1 aromatic carbocycles. The number of allylic oxidation sites excluding steroid dienone is 1. The van der Waals surface area contributed by atoms with Crippen LogP contribution in [0.4, 0.5) is 0 Å². The monoisotopic (exact) mass is 224 g/mol. The van der Waals surface area contributed by atoms with Gasteiger partial charge in [-0.3, -0.25) is 0 Å². The van der Waals surface area contributed by atoms with Gasteiger partial charge in [-0.25, -0.2) is 0 Å². The lowest BCUT2D eigenvalue weighted by atomic mass is 9.97. The van der Waals surface area contributed by atoms with Crippen molar-refractivity contribution >= 4 is 22.0 Å². The van der Waals surface area contributed by atoms with Crippen molar-refractivity contribution in [2.45, 2.75) is 12.8 Å². The van der Waals surface area contributed by atoms with E-state index in [2.05, 4.69) is 22.0 Å². The summed E-state index contributed by atoms with van der Waals surface area (Å²) in [5, 5.41) is 9.32. The number of aryl methyl sites for hydroxylation is 1. The van der Waals surface area contributed by atoms with Crippen molar-refractivity contribution in [1.29, 1.82) is 0 Å². The number of rotatable bonds is 0. The predicted octanol–water partition coefficient (Wildman–Crippen LogP) is 3.29. The predicted molar refractivity (Wildman–Crippen MR) is 53.1 cm³/mol. The Morgan fingerprint density at radius 3 is 2.92 bits per heavy atom. The Balaban J connectivity index is 2.59. The largest absolute Gasteiger partial charge is 0.512 e. The van der Waals surface area contributed by atoms with Gasteiger partial charge < -0.3 is 5.11 Å². The summed E-state index contributed by atoms with van der Waals surface area (Å²) in [5.41, 5.74) is 2.43. The first-order chi connectivity index (χ1) is 5.77. The molecular weight excluding hydrogens is 216 g/mol. The molecule has 1 N–H and O–H groups in total. The van der Waals surface area contributed by atoms with Crippen LogP contribution in [0.5, 0.6) is 0 Å². The second-order valence-electron chi connectivity index (χ2n) is 2.95. The van der Waals surface area contributed by atoms with Crippen LogP contribution >= 0.6 is 15.9 Å². The van der Waals surface area contributed by atoms with Gasteiger partial charge in [0.05, 0.1) is 5.76 Å². The van der Waals surface area contributed by atoms with Gasteiger partial charge in [-0.1, -0.05) is 28.1 Å². The van der Waals surface area contributed by atoms with Crippen molar-refractivity contribution in [3.8, 4) is 0 Å². The first-order valence-electron chi connectivity index (χ1n) is 3.94. The normalized spacial score (nSPS) is 15.2. The molecule has 12 heavy (non-hydrogen) atoms. The molecule has 0 unspecified atom stereocenters. The Kier molecular flexibility index (Phi) is 1.93. The van der Waals surface area contributed by atoms with Gasteiger partial charge in [0.1, 0.15) is 0 Å².